The van der Waals surface area contributed by atoms with Crippen molar-refractivity contribution < 1.29 is 0 Å². The highest BCUT2D eigenvalue weighted by atomic mass is 31.1. The highest BCUT2D eigenvalue weighted by Gasteiger charge is 2.44. The van der Waals surface area contributed by atoms with Crippen LogP contribution in [0.5, 0.6) is 0 Å². The maximum atomic E-state index is 2.71. The molecule has 0 radical (unpaired) electrons. The molecule has 2 heterocycles. The lowest BCUT2D eigenvalue weighted by molar-refractivity contribution is 0.259. The van der Waals surface area contributed by atoms with Crippen molar-refractivity contribution in [2.45, 2.75) is 24.7 Å². The van der Waals surface area contributed by atoms with E-state index in [1.54, 1.807) is 5.30 Å². The van der Waals surface area contributed by atoms with E-state index in [4.69, 9.17) is 0 Å². The summed E-state index contributed by atoms with van der Waals surface area (Å²) in [6.45, 7) is 2.44. The zero-order valence-electron chi connectivity index (χ0n) is 11.7. The monoisotopic (exact) mass is 281 g/mol. The van der Waals surface area contributed by atoms with E-state index in [1.165, 1.54) is 24.7 Å². The van der Waals surface area contributed by atoms with Crippen LogP contribution in [-0.4, -0.2) is 29.3 Å². The van der Waals surface area contributed by atoms with Crippen LogP contribution in [0.2, 0.25) is 0 Å². The Morgan fingerprint density at radius 2 is 1.65 bits per heavy atom. The molecule has 4 rings (SSSR count). The van der Waals surface area contributed by atoms with Gasteiger partial charge < -0.3 is 0 Å². The van der Waals surface area contributed by atoms with Gasteiger partial charge in [-0.3, -0.25) is 4.90 Å². The van der Waals surface area contributed by atoms with Crippen molar-refractivity contribution in [2.24, 2.45) is 0 Å². The second-order valence-electron chi connectivity index (χ2n) is 5.95. The first-order valence-corrected chi connectivity index (χ1v) is 9.09. The number of nitrogens with zero attached hydrogens (tertiary/aromatic N) is 1. The fourth-order valence-electron chi connectivity index (χ4n) is 3.70. The molecular weight excluding hydrogens is 261 g/mol. The van der Waals surface area contributed by atoms with E-state index in [0.717, 1.165) is 18.2 Å². The minimum Gasteiger partial charge on any atom is -0.295 e. The fourth-order valence-corrected chi connectivity index (χ4v) is 6.92. The van der Waals surface area contributed by atoms with Gasteiger partial charge in [0, 0.05) is 19.1 Å². The Morgan fingerprint density at radius 1 is 0.950 bits per heavy atom. The summed E-state index contributed by atoms with van der Waals surface area (Å²) >= 11 is 0. The van der Waals surface area contributed by atoms with Crippen LogP contribution in [0.1, 0.15) is 12.0 Å². The summed E-state index contributed by atoms with van der Waals surface area (Å²) in [6.07, 6.45) is 2.84. The van der Waals surface area contributed by atoms with Crippen molar-refractivity contribution >= 4 is 13.2 Å². The molecule has 2 fully saturated rings. The van der Waals surface area contributed by atoms with Crippen molar-refractivity contribution in [3.05, 3.63) is 66.2 Å². The lowest BCUT2D eigenvalue weighted by Crippen LogP contribution is -2.35. The summed E-state index contributed by atoms with van der Waals surface area (Å²) in [5, 5.41) is 1.62. The maximum absolute atomic E-state index is 2.71. The molecule has 2 saturated heterocycles. The predicted molar refractivity (Wildman–Crippen MR) is 86.9 cm³/mol. The summed E-state index contributed by atoms with van der Waals surface area (Å²) in [6, 6.07) is 23.0. The number of benzene rings is 2. The molecule has 0 N–H and O–H groups in total. The molecule has 3 atom stereocenters. The summed E-state index contributed by atoms with van der Waals surface area (Å²) in [7, 11) is 0.103. The molecule has 1 unspecified atom stereocenters. The van der Waals surface area contributed by atoms with Gasteiger partial charge in [-0.25, -0.2) is 0 Å². The SMILES string of the molecule is c1ccc(CN2C[C@@H]3C[C@H]2CP3c2ccccc2)cc1. The van der Waals surface area contributed by atoms with Gasteiger partial charge in [0.1, 0.15) is 0 Å². The number of hydrogen-bond donors (Lipinski definition) is 0. The van der Waals surface area contributed by atoms with Crippen LogP contribution < -0.4 is 5.30 Å². The van der Waals surface area contributed by atoms with Crippen molar-refractivity contribution in [2.75, 3.05) is 12.7 Å². The molecule has 1 nitrogen and oxygen atoms in total. The lowest BCUT2D eigenvalue weighted by Gasteiger charge is -2.32. The molecule has 0 aromatic heterocycles. The standard InChI is InChI=1S/C18H20NP/c1-3-7-15(8-4-1)12-19-13-18-11-16(19)14-20(18)17-9-5-2-6-10-17/h1-10,16,18H,11-14H2/t16-,18-,20?/m0/s1. The quantitative estimate of drug-likeness (QED) is 0.779. The van der Waals surface area contributed by atoms with Gasteiger partial charge in [-0.2, -0.15) is 0 Å². The Hall–Kier alpha value is -1.17. The third kappa shape index (κ3) is 2.30. The first-order chi connectivity index (χ1) is 9.90. The number of fused-ring (bicyclic) bond motifs is 2. The molecule has 2 aliphatic heterocycles. The van der Waals surface area contributed by atoms with E-state index < -0.39 is 0 Å². The minimum absolute atomic E-state index is 0.103. The van der Waals surface area contributed by atoms with Crippen LogP contribution in [0.15, 0.2) is 60.7 Å². The maximum Gasteiger partial charge on any atom is 0.0237 e. The predicted octanol–water partition coefficient (Wildman–Crippen LogP) is 3.45. The van der Waals surface area contributed by atoms with Gasteiger partial charge in [0.25, 0.3) is 0 Å². The Labute approximate surface area is 122 Å². The van der Waals surface area contributed by atoms with E-state index in [-0.39, 0.29) is 7.92 Å². The minimum atomic E-state index is 0.103. The van der Waals surface area contributed by atoms with Crippen molar-refractivity contribution in [1.29, 1.82) is 0 Å². The van der Waals surface area contributed by atoms with Crippen LogP contribution in [0, 0.1) is 0 Å². The van der Waals surface area contributed by atoms with E-state index >= 15 is 0 Å². The largest absolute Gasteiger partial charge is 0.295 e. The number of hydrogen-bond acceptors (Lipinski definition) is 1. The third-order valence-electron chi connectivity index (χ3n) is 4.67. The summed E-state index contributed by atoms with van der Waals surface area (Å²) in [5.41, 5.74) is 2.39. The van der Waals surface area contributed by atoms with Gasteiger partial charge in [-0.05, 0) is 29.1 Å². The van der Waals surface area contributed by atoms with Gasteiger partial charge in [0.05, 0.1) is 0 Å². The lowest BCUT2D eigenvalue weighted by atomic mass is 10.2. The summed E-state index contributed by atoms with van der Waals surface area (Å²) in [5.74, 6) is 0. The Balaban J connectivity index is 1.45. The topological polar surface area (TPSA) is 3.24 Å². The normalized spacial score (nSPS) is 28.9. The molecule has 0 spiro atoms. The van der Waals surface area contributed by atoms with Crippen molar-refractivity contribution in [3.63, 3.8) is 0 Å². The second-order valence-corrected chi connectivity index (χ2v) is 8.50. The van der Waals surface area contributed by atoms with Crippen LogP contribution >= 0.6 is 7.92 Å². The first-order valence-electron chi connectivity index (χ1n) is 7.50. The van der Waals surface area contributed by atoms with E-state index in [1.807, 2.05) is 0 Å². The Bertz CT molecular complexity index is 568. The fraction of sp³-hybridized carbons (Fsp3) is 0.333. The molecule has 2 aromatic carbocycles. The van der Waals surface area contributed by atoms with Crippen LogP contribution in [0.25, 0.3) is 0 Å². The molecule has 0 aliphatic carbocycles. The third-order valence-corrected chi connectivity index (χ3v) is 7.70. The Kier molecular flexibility index (Phi) is 3.34. The highest BCUT2D eigenvalue weighted by molar-refractivity contribution is 7.66. The van der Waals surface area contributed by atoms with Crippen LogP contribution in [0.4, 0.5) is 0 Å². The van der Waals surface area contributed by atoms with Gasteiger partial charge in [-0.15, -0.1) is 0 Å². The average molecular weight is 281 g/mol. The number of rotatable bonds is 3. The van der Waals surface area contributed by atoms with Crippen molar-refractivity contribution in [1.82, 2.24) is 4.90 Å². The number of likely N-dealkylation sites (tertiary alicyclic amines) is 1. The van der Waals surface area contributed by atoms with E-state index in [9.17, 15) is 0 Å². The molecule has 2 aromatic rings. The molecule has 2 bridgehead atoms. The second kappa shape index (κ2) is 5.31. The smallest absolute Gasteiger partial charge is 0.0237 e. The van der Waals surface area contributed by atoms with Crippen LogP contribution in [-0.2, 0) is 6.54 Å². The molecule has 2 aliphatic rings. The molecule has 0 amide bonds. The van der Waals surface area contributed by atoms with E-state index in [0.29, 0.717) is 0 Å². The van der Waals surface area contributed by atoms with Gasteiger partial charge in [0.2, 0.25) is 0 Å². The van der Waals surface area contributed by atoms with Crippen LogP contribution in [0.3, 0.4) is 0 Å². The van der Waals surface area contributed by atoms with Gasteiger partial charge >= 0.3 is 0 Å². The molecule has 20 heavy (non-hydrogen) atoms. The first kappa shape index (κ1) is 12.6. The van der Waals surface area contributed by atoms with Gasteiger partial charge in [0.15, 0.2) is 0 Å². The van der Waals surface area contributed by atoms with Crippen molar-refractivity contribution in [3.8, 4) is 0 Å². The summed E-state index contributed by atoms with van der Waals surface area (Å²) < 4.78 is 0. The molecule has 2 heteroatoms. The molecule has 102 valence electrons. The average Bonchev–Trinajstić information content (AvgIpc) is 3.09. The Morgan fingerprint density at radius 3 is 2.30 bits per heavy atom. The zero-order valence-corrected chi connectivity index (χ0v) is 12.5. The summed E-state index contributed by atoms with van der Waals surface area (Å²) in [4.78, 5) is 2.71. The highest BCUT2D eigenvalue weighted by Crippen LogP contribution is 2.54. The molecular formula is C18H20NP. The van der Waals surface area contributed by atoms with E-state index in [2.05, 4.69) is 65.6 Å². The zero-order chi connectivity index (χ0) is 13.4. The molecule has 0 saturated carbocycles. The van der Waals surface area contributed by atoms with Gasteiger partial charge in [-0.1, -0.05) is 68.6 Å².